The second kappa shape index (κ2) is 8.35. The fourth-order valence-electron chi connectivity index (χ4n) is 3.40. The average molecular weight is 371 g/mol. The van der Waals surface area contributed by atoms with Gasteiger partial charge in [-0.05, 0) is 19.4 Å². The number of aliphatic carboxylic acids is 1. The lowest BCUT2D eigenvalue weighted by molar-refractivity contribution is -0.138. The van der Waals surface area contributed by atoms with E-state index in [1.807, 2.05) is 35.2 Å². The van der Waals surface area contributed by atoms with Crippen LogP contribution in [0.2, 0.25) is 0 Å². The number of aromatic nitrogens is 1. The number of carboxylic acids is 1. The average Bonchev–Trinajstić information content (AvgIpc) is 3.27. The second-order valence-electron chi connectivity index (χ2n) is 7.08. The van der Waals surface area contributed by atoms with Gasteiger partial charge in [-0.3, -0.25) is 14.5 Å². The lowest BCUT2D eigenvalue weighted by Gasteiger charge is -2.21. The SMILES string of the molecule is CC(C)c1oc(C2CCCN2CC(=O)NCC(=O)O)nc1-c1ccccc1. The Balaban J connectivity index is 1.80. The highest BCUT2D eigenvalue weighted by Crippen LogP contribution is 2.36. The Morgan fingerprint density at radius 1 is 1.33 bits per heavy atom. The van der Waals surface area contributed by atoms with Gasteiger partial charge in [-0.15, -0.1) is 0 Å². The molecule has 27 heavy (non-hydrogen) atoms. The molecule has 7 heteroatoms. The molecule has 0 bridgehead atoms. The number of rotatable bonds is 7. The van der Waals surface area contributed by atoms with Crippen LogP contribution in [0, 0.1) is 0 Å². The third-order valence-electron chi connectivity index (χ3n) is 4.67. The summed E-state index contributed by atoms with van der Waals surface area (Å²) in [7, 11) is 0. The predicted molar refractivity (Wildman–Crippen MR) is 100 cm³/mol. The molecule has 1 saturated heterocycles. The Kier molecular flexibility index (Phi) is 5.91. The van der Waals surface area contributed by atoms with Crippen LogP contribution in [0.3, 0.4) is 0 Å². The molecule has 0 aliphatic carbocycles. The van der Waals surface area contributed by atoms with E-state index < -0.39 is 5.97 Å². The lowest BCUT2D eigenvalue weighted by atomic mass is 10.0. The van der Waals surface area contributed by atoms with E-state index in [2.05, 4.69) is 19.2 Å². The van der Waals surface area contributed by atoms with E-state index in [1.165, 1.54) is 0 Å². The van der Waals surface area contributed by atoms with E-state index >= 15 is 0 Å². The van der Waals surface area contributed by atoms with Gasteiger partial charge in [0.05, 0.1) is 12.6 Å². The molecule has 1 aliphatic rings. The number of hydrogen-bond acceptors (Lipinski definition) is 5. The zero-order valence-electron chi connectivity index (χ0n) is 15.6. The molecule has 1 unspecified atom stereocenters. The summed E-state index contributed by atoms with van der Waals surface area (Å²) in [6.45, 7) is 4.67. The van der Waals surface area contributed by atoms with Crippen LogP contribution in [-0.4, -0.2) is 46.5 Å². The molecule has 1 aromatic carbocycles. The van der Waals surface area contributed by atoms with Crippen LogP contribution in [0.25, 0.3) is 11.3 Å². The Hall–Kier alpha value is -2.67. The van der Waals surface area contributed by atoms with Crippen LogP contribution in [0.1, 0.15) is 50.3 Å². The first kappa shape index (κ1) is 19.1. The number of carboxylic acid groups (broad SMARTS) is 1. The molecular formula is C20H25N3O4. The minimum atomic E-state index is -1.05. The molecule has 1 atom stereocenters. The van der Waals surface area contributed by atoms with Gasteiger partial charge in [0.15, 0.2) is 0 Å². The zero-order valence-corrected chi connectivity index (χ0v) is 15.6. The van der Waals surface area contributed by atoms with Crippen LogP contribution in [0.15, 0.2) is 34.7 Å². The van der Waals surface area contributed by atoms with Crippen molar-refractivity contribution in [2.24, 2.45) is 0 Å². The molecule has 2 aromatic rings. The maximum atomic E-state index is 12.0. The molecular weight excluding hydrogens is 346 g/mol. The fraction of sp³-hybridized carbons (Fsp3) is 0.450. The number of benzene rings is 1. The van der Waals surface area contributed by atoms with Crippen molar-refractivity contribution >= 4 is 11.9 Å². The van der Waals surface area contributed by atoms with Crippen molar-refractivity contribution in [2.75, 3.05) is 19.6 Å². The monoisotopic (exact) mass is 371 g/mol. The zero-order chi connectivity index (χ0) is 19.4. The maximum Gasteiger partial charge on any atom is 0.322 e. The molecule has 0 radical (unpaired) electrons. The maximum absolute atomic E-state index is 12.0. The van der Waals surface area contributed by atoms with E-state index in [-0.39, 0.29) is 31.0 Å². The first-order chi connectivity index (χ1) is 13.0. The van der Waals surface area contributed by atoms with Gasteiger partial charge >= 0.3 is 5.97 Å². The number of nitrogens with zero attached hydrogens (tertiary/aromatic N) is 2. The highest BCUT2D eigenvalue weighted by atomic mass is 16.4. The predicted octanol–water partition coefficient (Wildman–Crippen LogP) is 2.80. The van der Waals surface area contributed by atoms with Crippen LogP contribution in [0.5, 0.6) is 0 Å². The highest BCUT2D eigenvalue weighted by Gasteiger charge is 2.32. The first-order valence-corrected chi connectivity index (χ1v) is 9.24. The number of likely N-dealkylation sites (tertiary alicyclic amines) is 1. The van der Waals surface area contributed by atoms with Gasteiger partial charge in [0.2, 0.25) is 11.8 Å². The Morgan fingerprint density at radius 3 is 2.74 bits per heavy atom. The van der Waals surface area contributed by atoms with Crippen LogP contribution < -0.4 is 5.32 Å². The minimum Gasteiger partial charge on any atom is -0.480 e. The number of hydrogen-bond donors (Lipinski definition) is 2. The van der Waals surface area contributed by atoms with Crippen molar-refractivity contribution in [3.8, 4) is 11.3 Å². The molecule has 7 nitrogen and oxygen atoms in total. The van der Waals surface area contributed by atoms with Gasteiger partial charge in [-0.2, -0.15) is 0 Å². The summed E-state index contributed by atoms with van der Waals surface area (Å²) < 4.78 is 6.15. The third kappa shape index (κ3) is 4.54. The van der Waals surface area contributed by atoms with Gasteiger partial charge in [-0.25, -0.2) is 4.98 Å². The second-order valence-corrected chi connectivity index (χ2v) is 7.08. The van der Waals surface area contributed by atoms with Gasteiger partial charge in [0, 0.05) is 11.5 Å². The van der Waals surface area contributed by atoms with Gasteiger partial charge in [0.1, 0.15) is 18.0 Å². The summed E-state index contributed by atoms with van der Waals surface area (Å²) in [6, 6.07) is 9.87. The third-order valence-corrected chi connectivity index (χ3v) is 4.67. The quantitative estimate of drug-likeness (QED) is 0.777. The van der Waals surface area contributed by atoms with E-state index in [9.17, 15) is 9.59 Å². The largest absolute Gasteiger partial charge is 0.480 e. The van der Waals surface area contributed by atoms with Gasteiger partial charge < -0.3 is 14.8 Å². The number of carbonyl (C=O) groups excluding carboxylic acids is 1. The van der Waals surface area contributed by atoms with Crippen molar-refractivity contribution in [1.82, 2.24) is 15.2 Å². The van der Waals surface area contributed by atoms with Crippen molar-refractivity contribution in [3.05, 3.63) is 42.0 Å². The van der Waals surface area contributed by atoms with Crippen LogP contribution in [-0.2, 0) is 9.59 Å². The smallest absolute Gasteiger partial charge is 0.322 e. The Bertz CT molecular complexity index is 801. The minimum absolute atomic E-state index is 0.0736. The van der Waals surface area contributed by atoms with Gasteiger partial charge in [0.25, 0.3) is 0 Å². The molecule has 1 aliphatic heterocycles. The Labute approximate surface area is 158 Å². The molecule has 3 rings (SSSR count). The fourth-order valence-corrected chi connectivity index (χ4v) is 3.40. The topological polar surface area (TPSA) is 95.7 Å². The van der Waals surface area contributed by atoms with Crippen molar-refractivity contribution in [1.29, 1.82) is 0 Å². The highest BCUT2D eigenvalue weighted by molar-refractivity contribution is 5.82. The van der Waals surface area contributed by atoms with Crippen LogP contribution in [0.4, 0.5) is 0 Å². The van der Waals surface area contributed by atoms with E-state index in [0.717, 1.165) is 36.4 Å². The van der Waals surface area contributed by atoms with E-state index in [0.29, 0.717) is 5.89 Å². The van der Waals surface area contributed by atoms with E-state index in [4.69, 9.17) is 14.5 Å². The van der Waals surface area contributed by atoms with Crippen molar-refractivity contribution in [2.45, 2.75) is 38.6 Å². The molecule has 1 fully saturated rings. The summed E-state index contributed by atoms with van der Waals surface area (Å²) in [5.41, 5.74) is 1.86. The summed E-state index contributed by atoms with van der Waals surface area (Å²) in [6.07, 6.45) is 1.80. The first-order valence-electron chi connectivity index (χ1n) is 9.24. The molecule has 144 valence electrons. The number of nitrogens with one attached hydrogen (secondary N) is 1. The van der Waals surface area contributed by atoms with Crippen molar-refractivity contribution in [3.63, 3.8) is 0 Å². The molecule has 2 N–H and O–H groups in total. The van der Waals surface area contributed by atoms with E-state index in [1.54, 1.807) is 0 Å². The normalized spacial score (nSPS) is 17.4. The molecule has 0 saturated carbocycles. The van der Waals surface area contributed by atoms with Crippen LogP contribution >= 0.6 is 0 Å². The molecule has 1 aromatic heterocycles. The standard InChI is InChI=1S/C20H25N3O4/c1-13(2)19-18(14-7-4-3-5-8-14)22-20(27-19)15-9-6-10-23(15)12-16(24)21-11-17(25)26/h3-5,7-8,13,15H,6,9-12H2,1-2H3,(H,21,24)(H,25,26). The lowest BCUT2D eigenvalue weighted by Crippen LogP contribution is -2.39. The molecule has 1 amide bonds. The number of carbonyl (C=O) groups is 2. The summed E-state index contributed by atoms with van der Waals surface area (Å²) in [5.74, 6) is 0.306. The number of oxazole rings is 1. The summed E-state index contributed by atoms with van der Waals surface area (Å²) in [4.78, 5) is 29.4. The molecule has 2 heterocycles. The van der Waals surface area contributed by atoms with Gasteiger partial charge in [-0.1, -0.05) is 44.2 Å². The van der Waals surface area contributed by atoms with Crippen molar-refractivity contribution < 1.29 is 19.1 Å². The number of amides is 1. The summed E-state index contributed by atoms with van der Waals surface area (Å²) in [5, 5.41) is 11.1. The Morgan fingerprint density at radius 2 is 2.07 bits per heavy atom. The molecule has 0 spiro atoms. The summed E-state index contributed by atoms with van der Waals surface area (Å²) >= 11 is 0.